The van der Waals surface area contributed by atoms with Crippen molar-refractivity contribution in [3.05, 3.63) is 66.6 Å². The van der Waals surface area contributed by atoms with Crippen molar-refractivity contribution in [2.45, 2.75) is 25.4 Å². The third-order valence-electron chi connectivity index (χ3n) is 5.37. The van der Waals surface area contributed by atoms with Crippen LogP contribution in [-0.4, -0.2) is 31.5 Å². The summed E-state index contributed by atoms with van der Waals surface area (Å²) in [6, 6.07) is 12.7. The molecule has 0 aliphatic carbocycles. The lowest BCUT2D eigenvalue weighted by Gasteiger charge is -2.06. The second-order valence-electron chi connectivity index (χ2n) is 7.29. The molecule has 1 aromatic carbocycles. The quantitative estimate of drug-likeness (QED) is 0.421. The highest BCUT2D eigenvalue weighted by atomic mass is 15.0. The summed E-state index contributed by atoms with van der Waals surface area (Å²) in [6.45, 7) is 1.47. The van der Waals surface area contributed by atoms with Crippen LogP contribution in [-0.2, 0) is 6.54 Å². The van der Waals surface area contributed by atoms with Crippen LogP contribution in [0.4, 0.5) is 0 Å². The van der Waals surface area contributed by atoms with E-state index < -0.39 is 0 Å². The van der Waals surface area contributed by atoms with E-state index in [9.17, 15) is 0 Å². The first-order chi connectivity index (χ1) is 14.3. The number of H-pyrrole nitrogens is 2. The highest BCUT2D eigenvalue weighted by Crippen LogP contribution is 2.26. The first-order valence-corrected chi connectivity index (χ1v) is 9.89. The minimum Gasteiger partial charge on any atom is -0.341 e. The van der Waals surface area contributed by atoms with E-state index in [-0.39, 0.29) is 0 Å². The maximum atomic E-state index is 5.62. The molecule has 1 saturated heterocycles. The lowest BCUT2D eigenvalue weighted by molar-refractivity contribution is 0.613. The molecule has 4 heterocycles. The third-order valence-corrected chi connectivity index (χ3v) is 5.37. The monoisotopic (exact) mass is 385 g/mol. The minimum absolute atomic E-state index is 0.338. The molecule has 0 radical (unpaired) electrons. The molecule has 0 spiro atoms. The number of rotatable bonds is 5. The van der Waals surface area contributed by atoms with Crippen LogP contribution in [0.5, 0.6) is 0 Å². The first kappa shape index (κ1) is 17.8. The summed E-state index contributed by atoms with van der Waals surface area (Å²) in [6.07, 6.45) is 7.92. The van der Waals surface area contributed by atoms with Gasteiger partial charge in [-0.1, -0.05) is 24.3 Å². The molecular formula is C22H23N7. The van der Waals surface area contributed by atoms with Gasteiger partial charge in [0, 0.05) is 17.3 Å². The fraction of sp³-hybridized carbons (Fsp3) is 0.227. The predicted octanol–water partition coefficient (Wildman–Crippen LogP) is 3.41. The molecule has 1 aliphatic heterocycles. The Morgan fingerprint density at radius 1 is 0.828 bits per heavy atom. The van der Waals surface area contributed by atoms with Crippen molar-refractivity contribution >= 4 is 0 Å². The molecule has 5 N–H and O–H groups in total. The van der Waals surface area contributed by atoms with E-state index in [0.29, 0.717) is 12.6 Å². The molecule has 1 aliphatic rings. The Morgan fingerprint density at radius 3 is 2.28 bits per heavy atom. The Labute approximate surface area is 168 Å². The number of aromatic amines is 2. The number of imidazole rings is 2. The maximum Gasteiger partial charge on any atom is 0.123 e. The van der Waals surface area contributed by atoms with Crippen LogP contribution < -0.4 is 11.1 Å². The van der Waals surface area contributed by atoms with Gasteiger partial charge in [-0.15, -0.1) is 0 Å². The lowest BCUT2D eigenvalue weighted by atomic mass is 10.1. The summed E-state index contributed by atoms with van der Waals surface area (Å²) in [5, 5.41) is 3.47. The van der Waals surface area contributed by atoms with Gasteiger partial charge in [-0.25, -0.2) is 9.97 Å². The highest BCUT2D eigenvalue weighted by Gasteiger charge is 2.19. The molecule has 3 aromatic heterocycles. The summed E-state index contributed by atoms with van der Waals surface area (Å²) in [5.74, 6) is 1.79. The van der Waals surface area contributed by atoms with Gasteiger partial charge in [0.05, 0.1) is 42.1 Å². The molecule has 0 saturated carbocycles. The molecule has 1 fully saturated rings. The molecule has 1 atom stereocenters. The molecule has 0 bridgehead atoms. The van der Waals surface area contributed by atoms with Crippen LogP contribution in [0.25, 0.3) is 33.8 Å². The van der Waals surface area contributed by atoms with Gasteiger partial charge in [0.25, 0.3) is 0 Å². The smallest absolute Gasteiger partial charge is 0.123 e. The normalized spacial score (nSPS) is 16.4. The Bertz CT molecular complexity index is 1090. The minimum atomic E-state index is 0.338. The Hall–Kier alpha value is -3.29. The number of nitrogens with two attached hydrogens (primary N) is 1. The van der Waals surface area contributed by atoms with Gasteiger partial charge in [-0.05, 0) is 37.1 Å². The van der Waals surface area contributed by atoms with E-state index in [1.165, 1.54) is 6.42 Å². The van der Waals surface area contributed by atoms with Crippen LogP contribution in [0, 0.1) is 0 Å². The number of nitrogens with one attached hydrogen (secondary N) is 3. The molecule has 7 nitrogen and oxygen atoms in total. The van der Waals surface area contributed by atoms with Gasteiger partial charge < -0.3 is 21.0 Å². The fourth-order valence-electron chi connectivity index (χ4n) is 3.74. The zero-order valence-corrected chi connectivity index (χ0v) is 16.0. The predicted molar refractivity (Wildman–Crippen MR) is 113 cm³/mol. The average molecular weight is 385 g/mol. The molecule has 0 unspecified atom stereocenters. The van der Waals surface area contributed by atoms with Gasteiger partial charge >= 0.3 is 0 Å². The Balaban J connectivity index is 1.33. The summed E-state index contributed by atoms with van der Waals surface area (Å²) >= 11 is 0. The highest BCUT2D eigenvalue weighted by molar-refractivity contribution is 5.68. The Kier molecular flexibility index (Phi) is 4.67. The second kappa shape index (κ2) is 7.62. The summed E-state index contributed by atoms with van der Waals surface area (Å²) in [4.78, 5) is 20.1. The van der Waals surface area contributed by atoms with E-state index in [1.54, 1.807) is 0 Å². The summed E-state index contributed by atoms with van der Waals surface area (Å²) in [7, 11) is 0. The number of nitrogens with zero attached hydrogens (tertiary/aromatic N) is 3. The maximum absolute atomic E-state index is 5.62. The number of hydrogen-bond donors (Lipinski definition) is 4. The van der Waals surface area contributed by atoms with Crippen LogP contribution in [0.15, 0.2) is 55.0 Å². The van der Waals surface area contributed by atoms with E-state index in [2.05, 4.69) is 60.6 Å². The first-order valence-electron chi connectivity index (χ1n) is 9.89. The summed E-state index contributed by atoms with van der Waals surface area (Å²) < 4.78 is 0. The van der Waals surface area contributed by atoms with Crippen LogP contribution in [0.2, 0.25) is 0 Å². The molecule has 4 aromatic rings. The van der Waals surface area contributed by atoms with Gasteiger partial charge in [0.1, 0.15) is 11.6 Å². The average Bonchev–Trinajstić information content (AvgIpc) is 3.55. The topological polar surface area (TPSA) is 108 Å². The third kappa shape index (κ3) is 3.57. The van der Waals surface area contributed by atoms with Crippen molar-refractivity contribution in [1.29, 1.82) is 0 Å². The summed E-state index contributed by atoms with van der Waals surface area (Å²) in [5.41, 5.74) is 11.7. The standard InChI is InChI=1S/C22H23N7/c23-10-21-26-12-19(28-21)15-5-3-14(4-6-15)17-8-7-16(11-25-17)20-13-27-22(29-20)18-2-1-9-24-18/h3-8,11-13,18,24H,1-2,9-10,23H2,(H,26,28)(H,27,29)/t18-/m0/s1. The van der Waals surface area contributed by atoms with Gasteiger partial charge in [-0.3, -0.25) is 4.98 Å². The zero-order valence-electron chi connectivity index (χ0n) is 16.0. The Morgan fingerprint density at radius 2 is 1.59 bits per heavy atom. The van der Waals surface area contributed by atoms with E-state index in [1.807, 2.05) is 24.7 Å². The van der Waals surface area contributed by atoms with Gasteiger partial charge in [-0.2, -0.15) is 0 Å². The number of pyridine rings is 1. The zero-order chi connectivity index (χ0) is 19.6. The lowest BCUT2D eigenvalue weighted by Crippen LogP contribution is -2.14. The van der Waals surface area contributed by atoms with Crippen molar-refractivity contribution in [3.8, 4) is 33.8 Å². The van der Waals surface area contributed by atoms with Gasteiger partial charge in [0.2, 0.25) is 0 Å². The van der Waals surface area contributed by atoms with Crippen LogP contribution in [0.1, 0.15) is 30.5 Å². The fourth-order valence-corrected chi connectivity index (χ4v) is 3.74. The van der Waals surface area contributed by atoms with Crippen molar-refractivity contribution in [3.63, 3.8) is 0 Å². The molecular weight excluding hydrogens is 362 g/mol. The molecule has 146 valence electrons. The van der Waals surface area contributed by atoms with Crippen molar-refractivity contribution < 1.29 is 0 Å². The van der Waals surface area contributed by atoms with Crippen molar-refractivity contribution in [1.82, 2.24) is 30.2 Å². The van der Waals surface area contributed by atoms with Crippen LogP contribution >= 0.6 is 0 Å². The largest absolute Gasteiger partial charge is 0.341 e. The van der Waals surface area contributed by atoms with E-state index in [4.69, 9.17) is 5.73 Å². The van der Waals surface area contributed by atoms with Gasteiger partial charge in [0.15, 0.2) is 0 Å². The van der Waals surface area contributed by atoms with Crippen LogP contribution in [0.3, 0.4) is 0 Å². The second-order valence-corrected chi connectivity index (χ2v) is 7.29. The van der Waals surface area contributed by atoms with Crippen molar-refractivity contribution in [2.75, 3.05) is 6.54 Å². The molecule has 7 heteroatoms. The molecule has 5 rings (SSSR count). The molecule has 0 amide bonds. The van der Waals surface area contributed by atoms with E-state index in [0.717, 1.165) is 58.4 Å². The van der Waals surface area contributed by atoms with E-state index >= 15 is 0 Å². The number of aromatic nitrogens is 5. The molecule has 29 heavy (non-hydrogen) atoms. The SMILES string of the molecule is NCc1ncc(-c2ccc(-c3ccc(-c4cnc([C@@H]5CCCN5)[nH]4)cn3)cc2)[nH]1. The number of benzene rings is 1. The number of hydrogen-bond acceptors (Lipinski definition) is 5. The van der Waals surface area contributed by atoms with Crippen molar-refractivity contribution in [2.24, 2.45) is 5.73 Å².